The van der Waals surface area contributed by atoms with Gasteiger partial charge in [0.1, 0.15) is 5.69 Å². The highest BCUT2D eigenvalue weighted by Crippen LogP contribution is 2.18. The van der Waals surface area contributed by atoms with Crippen molar-refractivity contribution >= 4 is 5.91 Å². The molecule has 3 rings (SSSR count). The highest BCUT2D eigenvalue weighted by atomic mass is 19.1. The molecule has 0 aliphatic heterocycles. The van der Waals surface area contributed by atoms with Gasteiger partial charge in [0.05, 0.1) is 13.4 Å². The number of pyridine rings is 1. The van der Waals surface area contributed by atoms with Crippen LogP contribution in [0.15, 0.2) is 59.3 Å². The molecule has 1 aromatic carbocycles. The number of nitrogens with zero attached hydrogens (tertiary/aromatic N) is 1. The van der Waals surface area contributed by atoms with Crippen LogP contribution in [0.25, 0.3) is 11.5 Å². The molecule has 3 aromatic rings. The van der Waals surface area contributed by atoms with Crippen molar-refractivity contribution in [2.75, 3.05) is 7.11 Å². The fourth-order valence-electron chi connectivity index (χ4n) is 2.19. The number of benzene rings is 1. The van der Waals surface area contributed by atoms with E-state index in [1.807, 2.05) is 18.2 Å². The van der Waals surface area contributed by atoms with Gasteiger partial charge in [0.2, 0.25) is 0 Å². The Bertz CT molecular complexity index is 830. The molecule has 1 amide bonds. The van der Waals surface area contributed by atoms with E-state index in [0.29, 0.717) is 11.5 Å². The highest BCUT2D eigenvalue weighted by molar-refractivity contribution is 5.94. The molecular formula is C18H15FN2O3. The van der Waals surface area contributed by atoms with E-state index in [1.165, 1.54) is 19.2 Å². The van der Waals surface area contributed by atoms with Crippen molar-refractivity contribution in [1.82, 2.24) is 10.3 Å². The van der Waals surface area contributed by atoms with Crippen molar-refractivity contribution in [2.24, 2.45) is 0 Å². The van der Waals surface area contributed by atoms with Gasteiger partial charge in [-0.2, -0.15) is 0 Å². The molecule has 122 valence electrons. The van der Waals surface area contributed by atoms with Crippen molar-refractivity contribution < 1.29 is 18.3 Å². The summed E-state index contributed by atoms with van der Waals surface area (Å²) in [5, 5.41) is 2.72. The normalized spacial score (nSPS) is 10.4. The Kier molecular flexibility index (Phi) is 4.56. The fourth-order valence-corrected chi connectivity index (χ4v) is 2.19. The number of nitrogens with one attached hydrogen (secondary N) is 1. The maximum Gasteiger partial charge on any atom is 0.251 e. The SMILES string of the molecule is COc1ccc(C(=O)NCc2ccc(-c3ccco3)nc2)cc1F. The van der Waals surface area contributed by atoms with E-state index in [4.69, 9.17) is 9.15 Å². The third-order valence-corrected chi connectivity index (χ3v) is 3.47. The molecule has 0 aliphatic rings. The molecule has 1 N–H and O–H groups in total. The monoisotopic (exact) mass is 326 g/mol. The number of carbonyl (C=O) groups is 1. The lowest BCUT2D eigenvalue weighted by Crippen LogP contribution is -2.23. The summed E-state index contributed by atoms with van der Waals surface area (Å²) in [4.78, 5) is 16.4. The molecular weight excluding hydrogens is 311 g/mol. The van der Waals surface area contributed by atoms with Gasteiger partial charge in [-0.3, -0.25) is 9.78 Å². The van der Waals surface area contributed by atoms with E-state index in [2.05, 4.69) is 10.3 Å². The van der Waals surface area contributed by atoms with Gasteiger partial charge < -0.3 is 14.5 Å². The minimum atomic E-state index is -0.574. The first-order chi connectivity index (χ1) is 11.7. The first-order valence-corrected chi connectivity index (χ1v) is 7.28. The zero-order chi connectivity index (χ0) is 16.9. The van der Waals surface area contributed by atoms with Crippen LogP contribution >= 0.6 is 0 Å². The molecule has 0 aliphatic carbocycles. The molecule has 0 bridgehead atoms. The van der Waals surface area contributed by atoms with E-state index >= 15 is 0 Å². The smallest absolute Gasteiger partial charge is 0.251 e. The maximum absolute atomic E-state index is 13.6. The van der Waals surface area contributed by atoms with Crippen LogP contribution in [0.3, 0.4) is 0 Å². The molecule has 0 spiro atoms. The van der Waals surface area contributed by atoms with Gasteiger partial charge in [0.25, 0.3) is 5.91 Å². The standard InChI is InChI=1S/C18H15FN2O3/c1-23-16-7-5-13(9-14(16)19)18(22)21-11-12-4-6-15(20-10-12)17-3-2-8-24-17/h2-10H,11H2,1H3,(H,21,22). The van der Waals surface area contributed by atoms with Crippen LogP contribution in [0.4, 0.5) is 4.39 Å². The summed E-state index contributed by atoms with van der Waals surface area (Å²) in [7, 11) is 1.37. The van der Waals surface area contributed by atoms with Crippen LogP contribution in [-0.2, 0) is 6.54 Å². The Hall–Kier alpha value is -3.15. The van der Waals surface area contributed by atoms with Crippen LogP contribution in [0.1, 0.15) is 15.9 Å². The van der Waals surface area contributed by atoms with Crippen LogP contribution in [0.5, 0.6) is 5.75 Å². The zero-order valence-corrected chi connectivity index (χ0v) is 13.0. The summed E-state index contributed by atoms with van der Waals surface area (Å²) >= 11 is 0. The lowest BCUT2D eigenvalue weighted by molar-refractivity contribution is 0.0950. The van der Waals surface area contributed by atoms with Crippen LogP contribution in [0, 0.1) is 5.82 Å². The molecule has 0 saturated carbocycles. The summed E-state index contributed by atoms with van der Waals surface area (Å²) in [6, 6.07) is 11.3. The van der Waals surface area contributed by atoms with Crippen molar-refractivity contribution in [1.29, 1.82) is 0 Å². The average Bonchev–Trinajstić information content (AvgIpc) is 3.14. The van der Waals surface area contributed by atoms with Crippen LogP contribution < -0.4 is 10.1 Å². The minimum absolute atomic E-state index is 0.101. The number of rotatable bonds is 5. The summed E-state index contributed by atoms with van der Waals surface area (Å²) in [6.45, 7) is 0.290. The molecule has 24 heavy (non-hydrogen) atoms. The van der Waals surface area contributed by atoms with E-state index in [9.17, 15) is 9.18 Å². The molecule has 0 saturated heterocycles. The first-order valence-electron chi connectivity index (χ1n) is 7.28. The quantitative estimate of drug-likeness (QED) is 0.780. The topological polar surface area (TPSA) is 64.4 Å². The van der Waals surface area contributed by atoms with E-state index in [-0.39, 0.29) is 23.8 Å². The number of carbonyl (C=O) groups excluding carboxylic acids is 1. The summed E-state index contributed by atoms with van der Waals surface area (Å²) in [5.74, 6) is -0.162. The molecule has 6 heteroatoms. The van der Waals surface area contributed by atoms with E-state index in [1.54, 1.807) is 18.5 Å². The van der Waals surface area contributed by atoms with Crippen molar-refractivity contribution in [2.45, 2.75) is 6.54 Å². The van der Waals surface area contributed by atoms with Gasteiger partial charge in [-0.25, -0.2) is 4.39 Å². The summed E-state index contributed by atoms with van der Waals surface area (Å²) in [6.07, 6.45) is 3.24. The third-order valence-electron chi connectivity index (χ3n) is 3.47. The van der Waals surface area contributed by atoms with Gasteiger partial charge in [0, 0.05) is 18.3 Å². The predicted molar refractivity (Wildman–Crippen MR) is 86.1 cm³/mol. The number of furan rings is 1. The van der Waals surface area contributed by atoms with E-state index in [0.717, 1.165) is 11.6 Å². The molecule has 2 heterocycles. The summed E-state index contributed by atoms with van der Waals surface area (Å²) in [5.41, 5.74) is 1.77. The van der Waals surface area contributed by atoms with Crippen LogP contribution in [-0.4, -0.2) is 18.0 Å². The predicted octanol–water partition coefficient (Wildman–Crippen LogP) is 3.42. The van der Waals surface area contributed by atoms with Gasteiger partial charge in [-0.15, -0.1) is 0 Å². The summed E-state index contributed by atoms with van der Waals surface area (Å²) < 4.78 is 23.7. The molecule has 0 radical (unpaired) electrons. The first kappa shape index (κ1) is 15.7. The molecule has 0 fully saturated rings. The average molecular weight is 326 g/mol. The second kappa shape index (κ2) is 6.95. The number of methoxy groups -OCH3 is 1. The molecule has 5 nitrogen and oxygen atoms in total. The maximum atomic E-state index is 13.6. The second-order valence-corrected chi connectivity index (χ2v) is 5.06. The van der Waals surface area contributed by atoms with Gasteiger partial charge >= 0.3 is 0 Å². The van der Waals surface area contributed by atoms with E-state index < -0.39 is 5.82 Å². The number of aromatic nitrogens is 1. The van der Waals surface area contributed by atoms with Gasteiger partial charge in [-0.05, 0) is 42.0 Å². The van der Waals surface area contributed by atoms with Crippen molar-refractivity contribution in [3.05, 3.63) is 71.9 Å². The fraction of sp³-hybridized carbons (Fsp3) is 0.111. The van der Waals surface area contributed by atoms with Crippen molar-refractivity contribution in [3.8, 4) is 17.2 Å². The Morgan fingerprint density at radius 1 is 1.29 bits per heavy atom. The largest absolute Gasteiger partial charge is 0.494 e. The number of halogens is 1. The zero-order valence-electron chi connectivity index (χ0n) is 13.0. The number of amides is 1. The third kappa shape index (κ3) is 3.43. The minimum Gasteiger partial charge on any atom is -0.494 e. The number of hydrogen-bond acceptors (Lipinski definition) is 4. The molecule has 0 atom stereocenters. The Morgan fingerprint density at radius 3 is 2.79 bits per heavy atom. The number of hydrogen-bond donors (Lipinski definition) is 1. The molecule has 2 aromatic heterocycles. The lowest BCUT2D eigenvalue weighted by atomic mass is 10.2. The Labute approximate surface area is 138 Å². The highest BCUT2D eigenvalue weighted by Gasteiger charge is 2.10. The van der Waals surface area contributed by atoms with Crippen LogP contribution in [0.2, 0.25) is 0 Å². The van der Waals surface area contributed by atoms with Gasteiger partial charge in [-0.1, -0.05) is 6.07 Å². The Morgan fingerprint density at radius 2 is 2.17 bits per heavy atom. The second-order valence-electron chi connectivity index (χ2n) is 5.06. The Balaban J connectivity index is 1.63. The molecule has 0 unspecified atom stereocenters. The number of ether oxygens (including phenoxy) is 1. The van der Waals surface area contributed by atoms with Crippen molar-refractivity contribution in [3.63, 3.8) is 0 Å². The lowest BCUT2D eigenvalue weighted by Gasteiger charge is -2.07. The van der Waals surface area contributed by atoms with Gasteiger partial charge in [0.15, 0.2) is 17.3 Å².